The highest BCUT2D eigenvalue weighted by molar-refractivity contribution is 5.93. The van der Waals surface area contributed by atoms with Gasteiger partial charge in [-0.3, -0.25) is 4.79 Å². The zero-order valence-electron chi connectivity index (χ0n) is 8.66. The van der Waals surface area contributed by atoms with Crippen LogP contribution in [0, 0.1) is 0 Å². The van der Waals surface area contributed by atoms with E-state index in [0.29, 0.717) is 11.6 Å². The van der Waals surface area contributed by atoms with Gasteiger partial charge in [-0.2, -0.15) is 0 Å². The molecule has 1 fully saturated rings. The highest BCUT2D eigenvalue weighted by Crippen LogP contribution is 2.07. The Bertz CT molecular complexity index is 302. The minimum absolute atomic E-state index is 0.0539. The molecule has 0 saturated carbocycles. The van der Waals surface area contributed by atoms with Crippen LogP contribution in [0.4, 0.5) is 0 Å². The Hall–Kier alpha value is -1.29. The van der Waals surface area contributed by atoms with Crippen molar-refractivity contribution in [2.24, 2.45) is 0 Å². The van der Waals surface area contributed by atoms with Crippen molar-refractivity contribution in [3.05, 3.63) is 24.2 Å². The van der Waals surface area contributed by atoms with E-state index in [0.717, 1.165) is 19.5 Å². The smallest absolute Gasteiger partial charge is 0.254 e. The van der Waals surface area contributed by atoms with E-state index < -0.39 is 0 Å². The summed E-state index contributed by atoms with van der Waals surface area (Å²) in [5, 5.41) is 6.27. The molecule has 15 heavy (non-hydrogen) atoms. The monoisotopic (exact) mass is 208 g/mol. The van der Waals surface area contributed by atoms with E-state index in [2.05, 4.69) is 10.6 Å². The van der Waals surface area contributed by atoms with Gasteiger partial charge in [0.15, 0.2) is 0 Å². The molecule has 1 aromatic heterocycles. The molecule has 1 amide bonds. The lowest BCUT2D eigenvalue weighted by Gasteiger charge is -2.09. The first-order valence-electron chi connectivity index (χ1n) is 5.40. The number of hydrogen-bond acceptors (Lipinski definition) is 3. The van der Waals surface area contributed by atoms with Crippen molar-refractivity contribution in [2.45, 2.75) is 25.3 Å². The molecule has 0 unspecified atom stereocenters. The van der Waals surface area contributed by atoms with Crippen LogP contribution in [0.5, 0.6) is 0 Å². The number of nitrogens with one attached hydrogen (secondary N) is 2. The Kier molecular flexibility index (Phi) is 3.40. The molecule has 82 valence electrons. The van der Waals surface area contributed by atoms with Crippen molar-refractivity contribution >= 4 is 5.91 Å². The van der Waals surface area contributed by atoms with Gasteiger partial charge in [-0.25, -0.2) is 0 Å². The van der Waals surface area contributed by atoms with Gasteiger partial charge in [0.05, 0.1) is 11.8 Å². The lowest BCUT2D eigenvalue weighted by molar-refractivity contribution is 0.0951. The summed E-state index contributed by atoms with van der Waals surface area (Å²) < 4.78 is 4.84. The van der Waals surface area contributed by atoms with Crippen molar-refractivity contribution in [1.82, 2.24) is 10.6 Å². The minimum Gasteiger partial charge on any atom is -0.472 e. The third kappa shape index (κ3) is 2.83. The lowest BCUT2D eigenvalue weighted by Crippen LogP contribution is -2.30. The van der Waals surface area contributed by atoms with Crippen molar-refractivity contribution in [1.29, 1.82) is 0 Å². The molecule has 0 bridgehead atoms. The second-order valence-electron chi connectivity index (χ2n) is 3.85. The second-order valence-corrected chi connectivity index (χ2v) is 3.85. The lowest BCUT2D eigenvalue weighted by atomic mass is 10.1. The summed E-state index contributed by atoms with van der Waals surface area (Å²) in [6, 6.07) is 2.25. The molecular formula is C11H16N2O2. The molecule has 1 atom stereocenters. The maximum absolute atomic E-state index is 11.5. The van der Waals surface area contributed by atoms with Crippen molar-refractivity contribution < 1.29 is 9.21 Å². The van der Waals surface area contributed by atoms with E-state index in [9.17, 15) is 4.79 Å². The van der Waals surface area contributed by atoms with Crippen LogP contribution in [0.2, 0.25) is 0 Å². The van der Waals surface area contributed by atoms with E-state index in [1.807, 2.05) is 0 Å². The molecule has 0 spiro atoms. The Labute approximate surface area is 89.0 Å². The van der Waals surface area contributed by atoms with Gasteiger partial charge in [-0.1, -0.05) is 0 Å². The third-order valence-corrected chi connectivity index (χ3v) is 2.72. The van der Waals surface area contributed by atoms with Gasteiger partial charge in [-0.05, 0) is 31.9 Å². The molecule has 1 aromatic rings. The largest absolute Gasteiger partial charge is 0.472 e. The Morgan fingerprint density at radius 1 is 1.67 bits per heavy atom. The Morgan fingerprint density at radius 3 is 3.27 bits per heavy atom. The molecule has 4 heteroatoms. The minimum atomic E-state index is -0.0539. The summed E-state index contributed by atoms with van der Waals surface area (Å²) in [6.45, 7) is 1.84. The predicted molar refractivity (Wildman–Crippen MR) is 56.7 cm³/mol. The van der Waals surface area contributed by atoms with Crippen LogP contribution < -0.4 is 10.6 Å². The van der Waals surface area contributed by atoms with Crippen LogP contribution in [-0.2, 0) is 0 Å². The molecule has 1 saturated heterocycles. The summed E-state index contributed by atoms with van der Waals surface area (Å²) in [5.74, 6) is -0.0539. The van der Waals surface area contributed by atoms with E-state index in [1.54, 1.807) is 6.07 Å². The number of amides is 1. The molecule has 2 heterocycles. The average molecular weight is 208 g/mol. The topological polar surface area (TPSA) is 54.3 Å². The van der Waals surface area contributed by atoms with Gasteiger partial charge >= 0.3 is 0 Å². The third-order valence-electron chi connectivity index (χ3n) is 2.72. The van der Waals surface area contributed by atoms with Crippen LogP contribution in [0.1, 0.15) is 29.6 Å². The van der Waals surface area contributed by atoms with E-state index in [1.165, 1.54) is 25.4 Å². The van der Waals surface area contributed by atoms with E-state index in [4.69, 9.17) is 4.42 Å². The van der Waals surface area contributed by atoms with Crippen molar-refractivity contribution in [2.75, 3.05) is 13.1 Å². The zero-order valence-corrected chi connectivity index (χ0v) is 8.66. The molecule has 1 aliphatic heterocycles. The summed E-state index contributed by atoms with van der Waals surface area (Å²) in [5.41, 5.74) is 0.592. The van der Waals surface area contributed by atoms with Crippen LogP contribution >= 0.6 is 0 Å². The molecule has 2 rings (SSSR count). The molecule has 0 aliphatic carbocycles. The maximum Gasteiger partial charge on any atom is 0.254 e. The highest BCUT2D eigenvalue weighted by atomic mass is 16.3. The van der Waals surface area contributed by atoms with Crippen molar-refractivity contribution in [3.63, 3.8) is 0 Å². The van der Waals surface area contributed by atoms with E-state index >= 15 is 0 Å². The van der Waals surface area contributed by atoms with Gasteiger partial charge in [-0.15, -0.1) is 0 Å². The van der Waals surface area contributed by atoms with Gasteiger partial charge in [0.1, 0.15) is 6.26 Å². The number of carbonyl (C=O) groups excluding carboxylic acids is 1. The second kappa shape index (κ2) is 4.98. The van der Waals surface area contributed by atoms with Gasteiger partial charge < -0.3 is 15.1 Å². The first-order chi connectivity index (χ1) is 7.36. The van der Waals surface area contributed by atoms with Crippen LogP contribution in [0.3, 0.4) is 0 Å². The number of hydrogen-bond donors (Lipinski definition) is 2. The van der Waals surface area contributed by atoms with E-state index in [-0.39, 0.29) is 5.91 Å². The van der Waals surface area contributed by atoms with Gasteiger partial charge in [0.25, 0.3) is 5.91 Å². The highest BCUT2D eigenvalue weighted by Gasteiger charge is 2.14. The van der Waals surface area contributed by atoms with Crippen molar-refractivity contribution in [3.8, 4) is 0 Å². The van der Waals surface area contributed by atoms with Crippen LogP contribution in [0.25, 0.3) is 0 Å². The summed E-state index contributed by atoms with van der Waals surface area (Å²) in [4.78, 5) is 11.5. The number of furan rings is 1. The summed E-state index contributed by atoms with van der Waals surface area (Å²) in [6.07, 6.45) is 6.45. The molecule has 0 aromatic carbocycles. The predicted octanol–water partition coefficient (Wildman–Crippen LogP) is 1.15. The first-order valence-corrected chi connectivity index (χ1v) is 5.40. The average Bonchev–Trinajstić information content (AvgIpc) is 2.90. The molecule has 1 aliphatic rings. The Morgan fingerprint density at radius 2 is 2.60 bits per heavy atom. The zero-order chi connectivity index (χ0) is 10.5. The normalized spacial score (nSPS) is 20.4. The maximum atomic E-state index is 11.5. The fourth-order valence-corrected chi connectivity index (χ4v) is 1.86. The fraction of sp³-hybridized carbons (Fsp3) is 0.545. The fourth-order valence-electron chi connectivity index (χ4n) is 1.86. The number of carbonyl (C=O) groups is 1. The molecule has 4 nitrogen and oxygen atoms in total. The quantitative estimate of drug-likeness (QED) is 0.780. The van der Waals surface area contributed by atoms with Crippen LogP contribution in [0.15, 0.2) is 23.0 Å². The SMILES string of the molecule is O=C(NCC[C@@H]1CCCN1)c1ccoc1. The first kappa shape index (κ1) is 10.2. The number of rotatable bonds is 4. The Balaban J connectivity index is 1.67. The summed E-state index contributed by atoms with van der Waals surface area (Å²) in [7, 11) is 0. The van der Waals surface area contributed by atoms with Gasteiger partial charge in [0.2, 0.25) is 0 Å². The standard InChI is InChI=1S/C11H16N2O2/c14-11(9-4-7-15-8-9)13-6-3-10-2-1-5-12-10/h4,7-8,10,12H,1-3,5-6H2,(H,13,14)/t10-/m0/s1. The molecule has 2 N–H and O–H groups in total. The van der Waals surface area contributed by atoms with Crippen LogP contribution in [-0.4, -0.2) is 25.0 Å². The molecule has 0 radical (unpaired) electrons. The summed E-state index contributed by atoms with van der Waals surface area (Å²) >= 11 is 0. The molecular weight excluding hydrogens is 192 g/mol. The van der Waals surface area contributed by atoms with Gasteiger partial charge in [0, 0.05) is 12.6 Å².